The average Bonchev–Trinajstić information content (AvgIpc) is 3.08. The molecule has 2 fully saturated rings. The first-order chi connectivity index (χ1) is 11.5. The molecule has 0 bridgehead atoms. The Labute approximate surface area is 171 Å². The normalized spacial score (nSPS) is 21.7. The van der Waals surface area contributed by atoms with Crippen LogP contribution >= 0.6 is 24.0 Å². The van der Waals surface area contributed by atoms with E-state index in [0.29, 0.717) is 5.92 Å². The van der Waals surface area contributed by atoms with Crippen LogP contribution in [0.5, 0.6) is 0 Å². The average molecular weight is 467 g/mol. The lowest BCUT2D eigenvalue weighted by molar-refractivity contribution is -0.00834. The van der Waals surface area contributed by atoms with E-state index in [1.165, 1.54) is 32.5 Å². The van der Waals surface area contributed by atoms with Gasteiger partial charge in [-0.2, -0.15) is 0 Å². The predicted octanol–water partition coefficient (Wildman–Crippen LogP) is 1.61. The van der Waals surface area contributed by atoms with Crippen molar-refractivity contribution in [1.29, 1.82) is 0 Å². The molecule has 2 heterocycles. The Morgan fingerprint density at radius 3 is 2.36 bits per heavy atom. The zero-order valence-electron chi connectivity index (χ0n) is 16.5. The second-order valence-corrected chi connectivity index (χ2v) is 7.83. The number of hydrogen-bond acceptors (Lipinski definition) is 4. The van der Waals surface area contributed by atoms with Crippen LogP contribution in [0.25, 0.3) is 0 Å². The number of morpholine rings is 1. The van der Waals surface area contributed by atoms with Gasteiger partial charge in [0, 0.05) is 45.3 Å². The van der Waals surface area contributed by atoms with Gasteiger partial charge in [0.1, 0.15) is 0 Å². The summed E-state index contributed by atoms with van der Waals surface area (Å²) in [5.74, 6) is 1.54. The van der Waals surface area contributed by atoms with Gasteiger partial charge in [0.25, 0.3) is 0 Å². The number of hydrogen-bond donors (Lipinski definition) is 2. The number of halogens is 1. The molecule has 0 aromatic heterocycles. The van der Waals surface area contributed by atoms with Gasteiger partial charge in [0.05, 0.1) is 13.2 Å². The molecule has 0 aliphatic carbocycles. The molecule has 148 valence electrons. The van der Waals surface area contributed by atoms with Crippen molar-refractivity contribution in [2.75, 3.05) is 66.1 Å². The van der Waals surface area contributed by atoms with Gasteiger partial charge in [-0.3, -0.25) is 9.89 Å². The Hall–Kier alpha value is -0.120. The fourth-order valence-corrected chi connectivity index (χ4v) is 3.54. The topological polar surface area (TPSA) is 52.1 Å². The third kappa shape index (κ3) is 7.97. The number of nitrogens with zero attached hydrogens (tertiary/aromatic N) is 3. The summed E-state index contributed by atoms with van der Waals surface area (Å²) >= 11 is 0. The van der Waals surface area contributed by atoms with Gasteiger partial charge < -0.3 is 20.3 Å². The zero-order valence-corrected chi connectivity index (χ0v) is 18.8. The van der Waals surface area contributed by atoms with Crippen LogP contribution in [0.4, 0.5) is 0 Å². The van der Waals surface area contributed by atoms with Crippen molar-refractivity contribution in [2.45, 2.75) is 39.2 Å². The highest BCUT2D eigenvalue weighted by Gasteiger charge is 2.28. The predicted molar refractivity (Wildman–Crippen MR) is 116 cm³/mol. The summed E-state index contributed by atoms with van der Waals surface area (Å²) < 4.78 is 5.46. The van der Waals surface area contributed by atoms with E-state index in [-0.39, 0.29) is 29.5 Å². The van der Waals surface area contributed by atoms with Crippen LogP contribution in [0.3, 0.4) is 0 Å². The van der Waals surface area contributed by atoms with Crippen LogP contribution in [-0.2, 0) is 4.74 Å². The maximum Gasteiger partial charge on any atom is 0.191 e. The molecule has 1 atom stereocenters. The van der Waals surface area contributed by atoms with Crippen molar-refractivity contribution in [3.05, 3.63) is 0 Å². The van der Waals surface area contributed by atoms with Gasteiger partial charge in [-0.15, -0.1) is 24.0 Å². The number of rotatable bonds is 7. The lowest BCUT2D eigenvalue weighted by Gasteiger charge is -2.41. The minimum Gasteiger partial charge on any atom is -0.379 e. The van der Waals surface area contributed by atoms with E-state index < -0.39 is 0 Å². The number of ether oxygens (including phenoxy) is 1. The summed E-state index contributed by atoms with van der Waals surface area (Å²) in [6, 6.07) is 0. The molecule has 1 unspecified atom stereocenters. The quantitative estimate of drug-likeness (QED) is 0.339. The number of guanidine groups is 1. The molecule has 2 N–H and O–H groups in total. The van der Waals surface area contributed by atoms with Gasteiger partial charge in [0.15, 0.2) is 5.96 Å². The fourth-order valence-electron chi connectivity index (χ4n) is 3.54. The summed E-state index contributed by atoms with van der Waals surface area (Å²) in [5, 5.41) is 6.99. The molecule has 7 heteroatoms. The molecule has 2 rings (SSSR count). The van der Waals surface area contributed by atoms with E-state index in [9.17, 15) is 0 Å². The smallest absolute Gasteiger partial charge is 0.191 e. The minimum absolute atomic E-state index is 0. The Bertz CT molecular complexity index is 393. The van der Waals surface area contributed by atoms with E-state index in [2.05, 4.69) is 46.2 Å². The third-order valence-corrected chi connectivity index (χ3v) is 5.17. The molecule has 0 spiro atoms. The molecule has 2 saturated heterocycles. The number of nitrogens with one attached hydrogen (secondary N) is 2. The molecule has 2 aliphatic rings. The first-order valence-electron chi connectivity index (χ1n) is 9.51. The van der Waals surface area contributed by atoms with Crippen molar-refractivity contribution in [3.8, 4) is 0 Å². The largest absolute Gasteiger partial charge is 0.379 e. The van der Waals surface area contributed by atoms with Crippen molar-refractivity contribution in [1.82, 2.24) is 20.4 Å². The van der Waals surface area contributed by atoms with E-state index >= 15 is 0 Å². The van der Waals surface area contributed by atoms with Crippen molar-refractivity contribution >= 4 is 29.9 Å². The van der Waals surface area contributed by atoms with E-state index in [1.807, 2.05) is 7.05 Å². The molecule has 0 aromatic carbocycles. The number of aliphatic imine (C=N–C) groups is 1. The van der Waals surface area contributed by atoms with Crippen molar-refractivity contribution < 1.29 is 4.74 Å². The molecular formula is C18H38IN5O. The first-order valence-corrected chi connectivity index (χ1v) is 9.51. The lowest BCUT2D eigenvalue weighted by atomic mass is 10.0. The molecule has 6 nitrogen and oxygen atoms in total. The second kappa shape index (κ2) is 11.6. The van der Waals surface area contributed by atoms with E-state index in [0.717, 1.165) is 45.4 Å². The summed E-state index contributed by atoms with van der Waals surface area (Å²) in [6.45, 7) is 16.1. The molecule has 0 saturated carbocycles. The highest BCUT2D eigenvalue weighted by molar-refractivity contribution is 14.0. The molecule has 0 amide bonds. The van der Waals surface area contributed by atoms with Gasteiger partial charge in [-0.1, -0.05) is 6.92 Å². The lowest BCUT2D eigenvalue weighted by Crippen LogP contribution is -2.56. The molecular weight excluding hydrogens is 429 g/mol. The van der Waals surface area contributed by atoms with Crippen LogP contribution < -0.4 is 10.6 Å². The SMILES string of the molecule is CN=C(NCC(C)CN1CCCC1)NCC(C)(C)N1CCOCC1.I. The fraction of sp³-hybridized carbons (Fsp3) is 0.944. The van der Waals surface area contributed by atoms with Crippen LogP contribution in [0.1, 0.15) is 33.6 Å². The Morgan fingerprint density at radius 2 is 1.76 bits per heavy atom. The van der Waals surface area contributed by atoms with Crippen molar-refractivity contribution in [3.63, 3.8) is 0 Å². The van der Waals surface area contributed by atoms with Crippen LogP contribution in [0.15, 0.2) is 4.99 Å². The molecule has 2 aliphatic heterocycles. The molecule has 0 aromatic rings. The summed E-state index contributed by atoms with van der Waals surface area (Å²) in [6.07, 6.45) is 2.72. The summed E-state index contributed by atoms with van der Waals surface area (Å²) in [7, 11) is 1.85. The summed E-state index contributed by atoms with van der Waals surface area (Å²) in [4.78, 5) is 9.44. The second-order valence-electron chi connectivity index (χ2n) is 7.83. The summed E-state index contributed by atoms with van der Waals surface area (Å²) in [5.41, 5.74) is 0.0998. The third-order valence-electron chi connectivity index (χ3n) is 5.17. The molecule has 25 heavy (non-hydrogen) atoms. The van der Waals surface area contributed by atoms with E-state index in [4.69, 9.17) is 4.74 Å². The maximum atomic E-state index is 5.46. The Morgan fingerprint density at radius 1 is 1.12 bits per heavy atom. The van der Waals surface area contributed by atoms with E-state index in [1.54, 1.807) is 0 Å². The Kier molecular flexibility index (Phi) is 10.6. The van der Waals surface area contributed by atoms with Crippen molar-refractivity contribution in [2.24, 2.45) is 10.9 Å². The van der Waals surface area contributed by atoms with Gasteiger partial charge >= 0.3 is 0 Å². The number of likely N-dealkylation sites (tertiary alicyclic amines) is 1. The van der Waals surface area contributed by atoms with Crippen LogP contribution in [0, 0.1) is 5.92 Å². The monoisotopic (exact) mass is 467 g/mol. The minimum atomic E-state index is 0. The Balaban J connectivity index is 0.00000312. The highest BCUT2D eigenvalue weighted by atomic mass is 127. The van der Waals surface area contributed by atoms with Crippen LogP contribution in [-0.4, -0.2) is 87.4 Å². The first kappa shape index (κ1) is 22.9. The molecule has 0 radical (unpaired) electrons. The highest BCUT2D eigenvalue weighted by Crippen LogP contribution is 2.15. The standard InChI is InChI=1S/C18H37N5O.HI/c1-16(14-22-7-5-6-8-22)13-20-17(19-4)21-15-18(2,3)23-9-11-24-12-10-23;/h16H,5-15H2,1-4H3,(H2,19,20,21);1H. The van der Waals surface area contributed by atoms with Crippen LogP contribution in [0.2, 0.25) is 0 Å². The van der Waals surface area contributed by atoms with Gasteiger partial charge in [0.2, 0.25) is 0 Å². The zero-order chi connectivity index (χ0) is 17.4. The van der Waals surface area contributed by atoms with Gasteiger partial charge in [-0.05, 0) is 45.7 Å². The van der Waals surface area contributed by atoms with Gasteiger partial charge in [-0.25, -0.2) is 0 Å². The maximum absolute atomic E-state index is 5.46.